The molecule has 11 rings (SSSR count). The molecule has 0 unspecified atom stereocenters. The number of hydrogen-bond donors (Lipinski definition) is 0. The van der Waals surface area contributed by atoms with E-state index in [9.17, 15) is 9.59 Å². The lowest BCUT2D eigenvalue weighted by atomic mass is 9.87. The summed E-state index contributed by atoms with van der Waals surface area (Å²) in [6.07, 6.45) is 0. The van der Waals surface area contributed by atoms with E-state index in [4.69, 9.17) is 9.97 Å². The molecule has 0 radical (unpaired) electrons. The van der Waals surface area contributed by atoms with Crippen molar-refractivity contribution in [1.29, 1.82) is 0 Å². The van der Waals surface area contributed by atoms with Crippen molar-refractivity contribution in [2.24, 2.45) is 0 Å². The van der Waals surface area contributed by atoms with Crippen molar-refractivity contribution in [1.82, 2.24) is 18.8 Å². The molecule has 192 valence electrons. The van der Waals surface area contributed by atoms with Crippen molar-refractivity contribution < 1.29 is 0 Å². The predicted octanol–water partition coefficient (Wildman–Crippen LogP) is 7.24. The van der Waals surface area contributed by atoms with Crippen molar-refractivity contribution in [3.63, 3.8) is 0 Å². The van der Waals surface area contributed by atoms with E-state index in [0.29, 0.717) is 22.1 Å². The third-order valence-electron chi connectivity index (χ3n) is 9.36. The van der Waals surface area contributed by atoms with Crippen molar-refractivity contribution >= 4 is 98.3 Å². The third kappa shape index (κ3) is 2.14. The van der Waals surface area contributed by atoms with Crippen LogP contribution in [0.3, 0.4) is 0 Å². The zero-order valence-corrected chi connectivity index (χ0v) is 21.8. The van der Waals surface area contributed by atoms with Crippen LogP contribution >= 0.6 is 0 Å². The summed E-state index contributed by atoms with van der Waals surface area (Å²) < 4.78 is 4.01. The Morgan fingerprint density at radius 3 is 1.21 bits per heavy atom. The van der Waals surface area contributed by atoms with Crippen LogP contribution in [-0.2, 0) is 0 Å². The molecule has 0 saturated carbocycles. The van der Waals surface area contributed by atoms with Crippen molar-refractivity contribution in [3.05, 3.63) is 118 Å². The Kier molecular flexibility index (Phi) is 3.34. The van der Waals surface area contributed by atoms with Gasteiger partial charge >= 0.3 is 0 Å². The average Bonchev–Trinajstić information content (AvgIpc) is 3.62. The van der Waals surface area contributed by atoms with Crippen LogP contribution in [0, 0.1) is 0 Å². The lowest BCUT2D eigenvalue weighted by Crippen LogP contribution is -2.09. The van der Waals surface area contributed by atoms with Crippen LogP contribution < -0.4 is 10.9 Å². The fourth-order valence-corrected chi connectivity index (χ4v) is 7.69. The van der Waals surface area contributed by atoms with Gasteiger partial charge in [0.1, 0.15) is 0 Å². The summed E-state index contributed by atoms with van der Waals surface area (Å²) in [7, 11) is 0. The van der Waals surface area contributed by atoms with Gasteiger partial charge in [0.05, 0.1) is 33.1 Å². The molecule has 4 heterocycles. The predicted molar refractivity (Wildman–Crippen MR) is 170 cm³/mol. The zero-order chi connectivity index (χ0) is 27.4. The van der Waals surface area contributed by atoms with Crippen LogP contribution in [0.1, 0.15) is 0 Å². The van der Waals surface area contributed by atoms with E-state index in [1.165, 1.54) is 0 Å². The number of hydrogen-bond acceptors (Lipinski definition) is 4. The Morgan fingerprint density at radius 1 is 0.381 bits per heavy atom. The number of para-hydroxylation sites is 4. The van der Waals surface area contributed by atoms with Crippen molar-refractivity contribution in [2.45, 2.75) is 0 Å². The summed E-state index contributed by atoms with van der Waals surface area (Å²) in [5, 5.41) is 9.63. The van der Waals surface area contributed by atoms with Crippen LogP contribution in [0.25, 0.3) is 98.3 Å². The van der Waals surface area contributed by atoms with Crippen molar-refractivity contribution in [2.75, 3.05) is 0 Å². The van der Waals surface area contributed by atoms with Gasteiger partial charge in [0, 0.05) is 32.3 Å². The highest BCUT2D eigenvalue weighted by Crippen LogP contribution is 2.45. The fourth-order valence-electron chi connectivity index (χ4n) is 7.69. The molecule has 0 aliphatic heterocycles. The number of aromatic nitrogens is 4. The molecule has 0 amide bonds. The van der Waals surface area contributed by atoms with Crippen LogP contribution in [-0.4, -0.2) is 18.8 Å². The largest absolute Gasteiger partial charge is 0.289 e. The van der Waals surface area contributed by atoms with Gasteiger partial charge in [0.2, 0.25) is 10.9 Å². The van der Waals surface area contributed by atoms with Gasteiger partial charge in [-0.15, -0.1) is 0 Å². The monoisotopic (exact) mass is 536 g/mol. The summed E-state index contributed by atoms with van der Waals surface area (Å²) in [6, 6.07) is 32.4. The Bertz CT molecular complexity index is 2890. The lowest BCUT2D eigenvalue weighted by molar-refractivity contribution is 1.29. The van der Waals surface area contributed by atoms with Gasteiger partial charge in [-0.1, -0.05) is 48.5 Å². The molecule has 0 aliphatic rings. The second-order valence-electron chi connectivity index (χ2n) is 11.3. The molecule has 6 heteroatoms. The number of nitrogens with zero attached hydrogens (tertiary/aromatic N) is 4. The highest BCUT2D eigenvalue weighted by atomic mass is 16.1. The molecule has 7 aromatic carbocycles. The first-order chi connectivity index (χ1) is 20.7. The highest BCUT2D eigenvalue weighted by Gasteiger charge is 2.23. The van der Waals surface area contributed by atoms with Gasteiger partial charge in [0.15, 0.2) is 11.3 Å². The van der Waals surface area contributed by atoms with Gasteiger partial charge in [-0.2, -0.15) is 0 Å². The summed E-state index contributed by atoms with van der Waals surface area (Å²) >= 11 is 0. The average molecular weight is 537 g/mol. The molecule has 0 fully saturated rings. The van der Waals surface area contributed by atoms with Crippen LogP contribution in [0.5, 0.6) is 0 Å². The smallest absolute Gasteiger partial charge is 0.229 e. The van der Waals surface area contributed by atoms with E-state index in [0.717, 1.165) is 76.2 Å². The minimum atomic E-state index is -0.0662. The Hall–Kier alpha value is -5.88. The molecule has 11 aromatic rings. The van der Waals surface area contributed by atoms with Crippen LogP contribution in [0.2, 0.25) is 0 Å². The van der Waals surface area contributed by atoms with Crippen LogP contribution in [0.15, 0.2) is 107 Å². The number of rotatable bonds is 0. The van der Waals surface area contributed by atoms with E-state index in [1.807, 2.05) is 69.5 Å². The first-order valence-corrected chi connectivity index (χ1v) is 13.9. The lowest BCUT2D eigenvalue weighted by Gasteiger charge is -2.18. The molecule has 42 heavy (non-hydrogen) atoms. The highest BCUT2D eigenvalue weighted by molar-refractivity contribution is 6.39. The van der Waals surface area contributed by atoms with Crippen LogP contribution in [0.4, 0.5) is 0 Å². The number of fused-ring (bicyclic) bond motifs is 10. The topological polar surface area (TPSA) is 68.7 Å². The third-order valence-corrected chi connectivity index (χ3v) is 9.36. The van der Waals surface area contributed by atoms with Gasteiger partial charge in [-0.05, 0) is 70.1 Å². The van der Waals surface area contributed by atoms with E-state index < -0.39 is 0 Å². The summed E-state index contributed by atoms with van der Waals surface area (Å²) in [5.74, 6) is 0. The molecule has 0 bridgehead atoms. The Balaban J connectivity index is 1.43. The maximum absolute atomic E-state index is 13.9. The molecule has 0 atom stereocenters. The number of imidazole rings is 2. The minimum Gasteiger partial charge on any atom is -0.289 e. The first-order valence-electron chi connectivity index (χ1n) is 13.9. The second-order valence-corrected chi connectivity index (χ2v) is 11.3. The SMILES string of the molecule is O=c1c2ccc3c4ccc5c6c(ccc(c7ccc(c2c37)n2c1nc1ccccc12)c46)c(=O)c1nc2ccccc2n15. The maximum atomic E-state index is 13.9. The van der Waals surface area contributed by atoms with E-state index >= 15 is 0 Å². The standard InChI is InChI=1S/C36H16N4O2/c41-33-21-11-9-17-20-14-16-28-32-22(34(42)36-38-24-6-2-4-8-26(24)40(28)36)12-10-18(30(20)32)19-13-15-27(31(21)29(17)19)39-25-7-3-1-5-23(25)37-35(33)39/h1-16H. The molecular weight excluding hydrogens is 520 g/mol. The summed E-state index contributed by atoms with van der Waals surface area (Å²) in [6.45, 7) is 0. The van der Waals surface area contributed by atoms with Crippen molar-refractivity contribution in [3.8, 4) is 0 Å². The van der Waals surface area contributed by atoms with Gasteiger partial charge in [0.25, 0.3) is 0 Å². The van der Waals surface area contributed by atoms with E-state index in [2.05, 4.69) is 36.4 Å². The molecule has 4 aromatic heterocycles. The maximum Gasteiger partial charge on any atom is 0.229 e. The molecule has 0 aliphatic carbocycles. The Labute approximate surface area is 234 Å². The molecule has 0 spiro atoms. The number of benzene rings is 7. The first kappa shape index (κ1) is 20.9. The quantitative estimate of drug-likeness (QED) is 0.151. The normalized spacial score (nSPS) is 13.0. The second kappa shape index (κ2) is 6.70. The molecule has 0 saturated heterocycles. The summed E-state index contributed by atoms with van der Waals surface area (Å²) in [4.78, 5) is 37.2. The minimum absolute atomic E-state index is 0.0662. The summed E-state index contributed by atoms with van der Waals surface area (Å²) in [5.41, 5.74) is 6.14. The zero-order valence-electron chi connectivity index (χ0n) is 21.8. The van der Waals surface area contributed by atoms with E-state index in [1.54, 1.807) is 0 Å². The molecule has 6 nitrogen and oxygen atoms in total. The van der Waals surface area contributed by atoms with Gasteiger partial charge in [-0.3, -0.25) is 18.4 Å². The van der Waals surface area contributed by atoms with Gasteiger partial charge < -0.3 is 0 Å². The van der Waals surface area contributed by atoms with E-state index in [-0.39, 0.29) is 10.9 Å². The van der Waals surface area contributed by atoms with Gasteiger partial charge in [-0.25, -0.2) is 9.97 Å². The number of pyridine rings is 2. The Morgan fingerprint density at radius 2 is 0.762 bits per heavy atom. The molecule has 0 N–H and O–H groups in total. The molecular formula is C36H16N4O2. The fraction of sp³-hybridized carbons (Fsp3) is 0.